The van der Waals surface area contributed by atoms with Crippen LogP contribution in [-0.2, 0) is 9.53 Å². The van der Waals surface area contributed by atoms with Gasteiger partial charge in [0.15, 0.2) is 11.6 Å². The van der Waals surface area contributed by atoms with Gasteiger partial charge in [0.2, 0.25) is 0 Å². The van der Waals surface area contributed by atoms with Crippen LogP contribution in [0.3, 0.4) is 0 Å². The van der Waals surface area contributed by atoms with E-state index in [0.717, 1.165) is 18.2 Å². The number of nitrogens with one attached hydrogen (secondary N) is 1. The lowest BCUT2D eigenvalue weighted by Gasteiger charge is -2.15. The summed E-state index contributed by atoms with van der Waals surface area (Å²) in [5.41, 5.74) is 0. The smallest absolute Gasteiger partial charge is 0.323 e. The van der Waals surface area contributed by atoms with Gasteiger partial charge >= 0.3 is 5.97 Å². The molecule has 0 fully saturated rings. The summed E-state index contributed by atoms with van der Waals surface area (Å²) in [5, 5.41) is 2.78. The Hall–Kier alpha value is -1.69. The molecule has 1 aromatic carbocycles. The molecule has 6 heteroatoms. The Bertz CT molecular complexity index is 426. The third-order valence-corrected chi connectivity index (χ3v) is 2.48. The van der Waals surface area contributed by atoms with Gasteiger partial charge in [0.05, 0.1) is 13.2 Å². The molecule has 1 N–H and O–H groups in total. The Morgan fingerprint density at radius 3 is 2.79 bits per heavy atom. The van der Waals surface area contributed by atoms with Crippen LogP contribution in [0.4, 0.5) is 8.78 Å². The van der Waals surface area contributed by atoms with E-state index in [1.807, 2.05) is 0 Å². The van der Waals surface area contributed by atoms with Crippen LogP contribution in [0.2, 0.25) is 0 Å². The molecule has 0 aliphatic carbocycles. The van der Waals surface area contributed by atoms with Gasteiger partial charge in [-0.2, -0.15) is 0 Å². The summed E-state index contributed by atoms with van der Waals surface area (Å²) in [7, 11) is 1.62. The fraction of sp³-hybridized carbons (Fsp3) is 0.462. The van der Waals surface area contributed by atoms with Crippen LogP contribution in [0.25, 0.3) is 0 Å². The van der Waals surface area contributed by atoms with Gasteiger partial charge in [-0.05, 0) is 26.1 Å². The van der Waals surface area contributed by atoms with Crippen LogP contribution >= 0.6 is 0 Å². The molecule has 106 valence electrons. The highest BCUT2D eigenvalue weighted by Gasteiger charge is 2.17. The van der Waals surface area contributed by atoms with E-state index in [1.165, 1.54) is 0 Å². The number of carbonyl (C=O) groups is 1. The van der Waals surface area contributed by atoms with Crippen LogP contribution in [0.15, 0.2) is 18.2 Å². The van der Waals surface area contributed by atoms with Crippen LogP contribution in [-0.4, -0.2) is 32.3 Å². The molecule has 1 aromatic rings. The van der Waals surface area contributed by atoms with E-state index in [2.05, 4.69) is 5.32 Å². The quantitative estimate of drug-likeness (QED) is 0.771. The Morgan fingerprint density at radius 1 is 1.42 bits per heavy atom. The van der Waals surface area contributed by atoms with Gasteiger partial charge in [-0.1, -0.05) is 0 Å². The highest BCUT2D eigenvalue weighted by Crippen LogP contribution is 2.18. The lowest BCUT2D eigenvalue weighted by molar-refractivity contribution is -0.145. The zero-order valence-electron chi connectivity index (χ0n) is 10.9. The highest BCUT2D eigenvalue weighted by molar-refractivity contribution is 5.75. The molecular weight excluding hydrogens is 256 g/mol. The van der Waals surface area contributed by atoms with Gasteiger partial charge in [0.25, 0.3) is 0 Å². The fourth-order valence-electron chi connectivity index (χ4n) is 1.50. The van der Waals surface area contributed by atoms with E-state index < -0.39 is 23.6 Å². The van der Waals surface area contributed by atoms with Crippen molar-refractivity contribution in [3.8, 4) is 5.75 Å². The number of likely N-dealkylation sites (N-methyl/N-ethyl adjacent to an activating group) is 1. The third-order valence-electron chi connectivity index (χ3n) is 2.48. The minimum absolute atomic E-state index is 0.0741. The van der Waals surface area contributed by atoms with Crippen molar-refractivity contribution in [2.45, 2.75) is 19.4 Å². The van der Waals surface area contributed by atoms with Crippen LogP contribution < -0.4 is 10.1 Å². The molecule has 0 heterocycles. The van der Waals surface area contributed by atoms with Crippen molar-refractivity contribution >= 4 is 5.97 Å². The molecule has 1 unspecified atom stereocenters. The minimum atomic E-state index is -0.640. The van der Waals surface area contributed by atoms with E-state index >= 15 is 0 Å². The molecule has 0 aromatic heterocycles. The second kappa shape index (κ2) is 7.68. The molecule has 0 amide bonds. The number of hydrogen-bond acceptors (Lipinski definition) is 4. The van der Waals surface area contributed by atoms with E-state index in [0.29, 0.717) is 6.42 Å². The number of rotatable bonds is 7. The van der Waals surface area contributed by atoms with Crippen molar-refractivity contribution in [1.29, 1.82) is 0 Å². The second-order valence-electron chi connectivity index (χ2n) is 3.81. The summed E-state index contributed by atoms with van der Waals surface area (Å²) < 4.78 is 36.1. The molecular formula is C13H17F2NO3. The van der Waals surface area contributed by atoms with E-state index in [4.69, 9.17) is 9.47 Å². The van der Waals surface area contributed by atoms with Gasteiger partial charge in [-0.15, -0.1) is 0 Å². The normalized spacial score (nSPS) is 12.0. The summed E-state index contributed by atoms with van der Waals surface area (Å²) in [4.78, 5) is 11.5. The Labute approximate surface area is 110 Å². The first-order chi connectivity index (χ1) is 9.08. The maximum atomic E-state index is 13.3. The Kier molecular flexibility index (Phi) is 6.21. The van der Waals surface area contributed by atoms with Gasteiger partial charge < -0.3 is 14.8 Å². The molecule has 0 saturated carbocycles. The number of benzene rings is 1. The average Bonchev–Trinajstić information content (AvgIpc) is 2.38. The summed E-state index contributed by atoms with van der Waals surface area (Å²) in [6.07, 6.45) is 0.297. The van der Waals surface area contributed by atoms with Crippen molar-refractivity contribution in [1.82, 2.24) is 5.32 Å². The average molecular weight is 273 g/mol. The first-order valence-electron chi connectivity index (χ1n) is 6.00. The van der Waals surface area contributed by atoms with Crippen molar-refractivity contribution < 1.29 is 23.0 Å². The standard InChI is InChI=1S/C13H17F2NO3/c1-3-18-13(17)11(16-2)6-7-19-12-8-9(14)4-5-10(12)15/h4-5,8,11,16H,3,6-7H2,1-2H3. The molecule has 1 rings (SSSR count). The molecule has 1 atom stereocenters. The monoisotopic (exact) mass is 273 g/mol. The van der Waals surface area contributed by atoms with E-state index in [9.17, 15) is 13.6 Å². The lowest BCUT2D eigenvalue weighted by Crippen LogP contribution is -2.36. The minimum Gasteiger partial charge on any atom is -0.490 e. The molecule has 0 spiro atoms. The molecule has 0 saturated heterocycles. The SMILES string of the molecule is CCOC(=O)C(CCOc1cc(F)ccc1F)NC. The highest BCUT2D eigenvalue weighted by atomic mass is 19.1. The van der Waals surface area contributed by atoms with Crippen molar-refractivity contribution in [2.75, 3.05) is 20.3 Å². The van der Waals surface area contributed by atoms with Gasteiger partial charge in [0, 0.05) is 12.5 Å². The van der Waals surface area contributed by atoms with Gasteiger partial charge in [0.1, 0.15) is 11.9 Å². The first kappa shape index (κ1) is 15.4. The van der Waals surface area contributed by atoms with E-state index in [-0.39, 0.29) is 19.0 Å². The van der Waals surface area contributed by atoms with Crippen molar-refractivity contribution in [3.63, 3.8) is 0 Å². The second-order valence-corrected chi connectivity index (χ2v) is 3.81. The zero-order chi connectivity index (χ0) is 14.3. The third kappa shape index (κ3) is 4.82. The number of hydrogen-bond donors (Lipinski definition) is 1. The lowest BCUT2D eigenvalue weighted by atomic mass is 10.2. The van der Waals surface area contributed by atoms with Crippen molar-refractivity contribution in [2.24, 2.45) is 0 Å². The largest absolute Gasteiger partial charge is 0.490 e. The van der Waals surface area contributed by atoms with Gasteiger partial charge in [-0.25, -0.2) is 8.78 Å². The fourth-order valence-corrected chi connectivity index (χ4v) is 1.50. The molecule has 0 radical (unpaired) electrons. The number of carbonyl (C=O) groups excluding carboxylic acids is 1. The topological polar surface area (TPSA) is 47.6 Å². The Balaban J connectivity index is 2.48. The number of halogens is 2. The number of esters is 1. The maximum Gasteiger partial charge on any atom is 0.323 e. The van der Waals surface area contributed by atoms with E-state index in [1.54, 1.807) is 14.0 Å². The summed E-state index contributed by atoms with van der Waals surface area (Å²) in [5.74, 6) is -1.78. The van der Waals surface area contributed by atoms with Crippen molar-refractivity contribution in [3.05, 3.63) is 29.8 Å². The van der Waals surface area contributed by atoms with Crippen LogP contribution in [0, 0.1) is 11.6 Å². The summed E-state index contributed by atoms with van der Waals surface area (Å²) in [6, 6.07) is 2.44. The number of ether oxygens (including phenoxy) is 2. The molecule has 19 heavy (non-hydrogen) atoms. The van der Waals surface area contributed by atoms with Gasteiger partial charge in [-0.3, -0.25) is 4.79 Å². The summed E-state index contributed by atoms with van der Waals surface area (Å²) in [6.45, 7) is 2.07. The molecule has 4 nitrogen and oxygen atoms in total. The Morgan fingerprint density at radius 2 is 2.16 bits per heavy atom. The summed E-state index contributed by atoms with van der Waals surface area (Å²) >= 11 is 0. The molecule has 0 aliphatic heterocycles. The van der Waals surface area contributed by atoms with Crippen LogP contribution in [0.1, 0.15) is 13.3 Å². The zero-order valence-corrected chi connectivity index (χ0v) is 10.9. The molecule has 0 bridgehead atoms. The van der Waals surface area contributed by atoms with Crippen LogP contribution in [0.5, 0.6) is 5.75 Å². The predicted octanol–water partition coefficient (Wildman–Crippen LogP) is 1.88. The first-order valence-corrected chi connectivity index (χ1v) is 6.00. The molecule has 0 aliphatic rings. The predicted molar refractivity (Wildman–Crippen MR) is 66.0 cm³/mol. The maximum absolute atomic E-state index is 13.3.